The molecule has 4 heteroatoms. The highest BCUT2D eigenvalue weighted by Gasteiger charge is 2.37. The molecule has 1 aromatic rings. The van der Waals surface area contributed by atoms with E-state index in [0.29, 0.717) is 12.0 Å². The van der Waals surface area contributed by atoms with Crippen LogP contribution in [-0.4, -0.2) is 22.9 Å². The zero-order chi connectivity index (χ0) is 10.8. The van der Waals surface area contributed by atoms with Gasteiger partial charge in [-0.1, -0.05) is 12.1 Å². The lowest BCUT2D eigenvalue weighted by Gasteiger charge is -2.01. The van der Waals surface area contributed by atoms with E-state index in [-0.39, 0.29) is 0 Å². The summed E-state index contributed by atoms with van der Waals surface area (Å²) in [5, 5.41) is 2.76. The van der Waals surface area contributed by atoms with Crippen LogP contribution < -0.4 is 5.32 Å². The van der Waals surface area contributed by atoms with E-state index in [1.54, 1.807) is 6.26 Å². The second-order valence-corrected chi connectivity index (χ2v) is 5.14. The van der Waals surface area contributed by atoms with Gasteiger partial charge in [0, 0.05) is 33.9 Å². The number of carbonyl (C=O) groups excluding carboxylic acids is 1. The average Bonchev–Trinajstić information content (AvgIpc) is 2.98. The van der Waals surface area contributed by atoms with Gasteiger partial charge in [-0.25, -0.2) is 0 Å². The second-order valence-electron chi connectivity index (χ2n) is 3.76. The summed E-state index contributed by atoms with van der Waals surface area (Å²) in [6.07, 6.45) is 3.43. The van der Waals surface area contributed by atoms with Crippen molar-refractivity contribution in [1.82, 2.24) is 5.32 Å². The minimum Gasteiger partial charge on any atom is -0.355 e. The Balaban J connectivity index is 2.06. The third kappa shape index (κ3) is 2.26. The van der Waals surface area contributed by atoms with E-state index in [1.807, 2.05) is 24.3 Å². The molecule has 3 atom stereocenters. The van der Waals surface area contributed by atoms with Crippen molar-refractivity contribution < 1.29 is 9.00 Å². The highest BCUT2D eigenvalue weighted by atomic mass is 32.2. The summed E-state index contributed by atoms with van der Waals surface area (Å²) in [4.78, 5) is 11.1. The minimum absolute atomic E-state index is 0.292. The van der Waals surface area contributed by atoms with Gasteiger partial charge in [-0.2, -0.15) is 0 Å². The van der Waals surface area contributed by atoms with Crippen molar-refractivity contribution in [3.63, 3.8) is 0 Å². The van der Waals surface area contributed by atoms with Crippen molar-refractivity contribution in [2.75, 3.05) is 6.26 Å². The van der Waals surface area contributed by atoms with E-state index in [9.17, 15) is 9.00 Å². The van der Waals surface area contributed by atoms with Crippen LogP contribution in [0.4, 0.5) is 0 Å². The monoisotopic (exact) mass is 223 g/mol. The normalized spacial score (nSPS) is 25.7. The number of rotatable bonds is 4. The third-order valence-electron chi connectivity index (χ3n) is 2.71. The van der Waals surface area contributed by atoms with Crippen LogP contribution >= 0.6 is 0 Å². The molecule has 1 aliphatic rings. The molecule has 0 bridgehead atoms. The van der Waals surface area contributed by atoms with Gasteiger partial charge in [0.15, 0.2) is 0 Å². The molecular formula is C11H13NO2S. The SMILES string of the molecule is CS(=O)c1ccc(C2CC2NC=O)cc1. The van der Waals surface area contributed by atoms with E-state index >= 15 is 0 Å². The smallest absolute Gasteiger partial charge is 0.207 e. The zero-order valence-corrected chi connectivity index (χ0v) is 9.29. The lowest BCUT2D eigenvalue weighted by atomic mass is 10.1. The molecular weight excluding hydrogens is 210 g/mol. The molecule has 1 aromatic carbocycles. The van der Waals surface area contributed by atoms with E-state index in [0.717, 1.165) is 17.7 Å². The number of hydrogen-bond donors (Lipinski definition) is 1. The van der Waals surface area contributed by atoms with Gasteiger partial charge in [0.25, 0.3) is 0 Å². The molecule has 0 spiro atoms. The third-order valence-corrected chi connectivity index (χ3v) is 3.65. The van der Waals surface area contributed by atoms with Crippen LogP contribution in [-0.2, 0) is 15.6 Å². The maximum absolute atomic E-state index is 11.2. The Morgan fingerprint density at radius 3 is 2.60 bits per heavy atom. The molecule has 3 unspecified atom stereocenters. The number of hydrogen-bond acceptors (Lipinski definition) is 2. The first-order chi connectivity index (χ1) is 7.22. The van der Waals surface area contributed by atoms with Gasteiger partial charge < -0.3 is 5.32 Å². The van der Waals surface area contributed by atoms with Gasteiger partial charge in [-0.3, -0.25) is 9.00 Å². The largest absolute Gasteiger partial charge is 0.355 e. The fourth-order valence-corrected chi connectivity index (χ4v) is 2.26. The van der Waals surface area contributed by atoms with Gasteiger partial charge in [0.1, 0.15) is 0 Å². The first-order valence-electron chi connectivity index (χ1n) is 4.85. The maximum Gasteiger partial charge on any atom is 0.207 e. The van der Waals surface area contributed by atoms with Crippen LogP contribution in [0.25, 0.3) is 0 Å². The summed E-state index contributed by atoms with van der Waals surface area (Å²) in [5.74, 6) is 0.439. The zero-order valence-electron chi connectivity index (χ0n) is 8.47. The van der Waals surface area contributed by atoms with Crippen molar-refractivity contribution in [3.05, 3.63) is 29.8 Å². The van der Waals surface area contributed by atoms with Crippen molar-refractivity contribution >= 4 is 17.2 Å². The molecule has 0 aromatic heterocycles. The Morgan fingerprint density at radius 1 is 1.40 bits per heavy atom. The average molecular weight is 223 g/mol. The molecule has 0 radical (unpaired) electrons. The molecule has 15 heavy (non-hydrogen) atoms. The van der Waals surface area contributed by atoms with Crippen LogP contribution in [0, 0.1) is 0 Å². The Labute approximate surface area is 91.3 Å². The lowest BCUT2D eigenvalue weighted by Crippen LogP contribution is -2.14. The summed E-state index contributed by atoms with van der Waals surface area (Å²) in [7, 11) is -0.914. The first kappa shape index (κ1) is 10.4. The molecule has 1 amide bonds. The summed E-state index contributed by atoms with van der Waals surface area (Å²) in [5.41, 5.74) is 1.21. The fourth-order valence-electron chi connectivity index (χ4n) is 1.74. The van der Waals surface area contributed by atoms with Crippen molar-refractivity contribution in [3.8, 4) is 0 Å². The highest BCUT2D eigenvalue weighted by molar-refractivity contribution is 7.84. The maximum atomic E-state index is 11.2. The van der Waals surface area contributed by atoms with E-state index < -0.39 is 10.8 Å². The van der Waals surface area contributed by atoms with Gasteiger partial charge in [-0.15, -0.1) is 0 Å². The molecule has 0 heterocycles. The quantitative estimate of drug-likeness (QED) is 0.775. The lowest BCUT2D eigenvalue weighted by molar-refractivity contribution is -0.109. The predicted octanol–water partition coefficient (Wildman–Crippen LogP) is 1.03. The molecule has 0 aliphatic heterocycles. The summed E-state index contributed by atoms with van der Waals surface area (Å²) >= 11 is 0. The fraction of sp³-hybridized carbons (Fsp3) is 0.364. The van der Waals surface area contributed by atoms with Crippen molar-refractivity contribution in [1.29, 1.82) is 0 Å². The molecule has 1 fully saturated rings. The first-order valence-corrected chi connectivity index (χ1v) is 6.41. The minimum atomic E-state index is -0.914. The van der Waals surface area contributed by atoms with Gasteiger partial charge in [0.2, 0.25) is 6.41 Å². The standard InChI is InChI=1S/C11H13NO2S/c1-15(14)9-4-2-8(3-5-9)10-6-11(10)12-7-13/h2-5,7,10-11H,6H2,1H3,(H,12,13). The van der Waals surface area contributed by atoms with Crippen LogP contribution in [0.2, 0.25) is 0 Å². The van der Waals surface area contributed by atoms with Crippen LogP contribution in [0.3, 0.4) is 0 Å². The van der Waals surface area contributed by atoms with E-state index in [1.165, 1.54) is 5.56 Å². The summed E-state index contributed by atoms with van der Waals surface area (Å²) < 4.78 is 11.2. The Bertz CT molecular complexity index is 388. The molecule has 0 saturated heterocycles. The van der Waals surface area contributed by atoms with Crippen molar-refractivity contribution in [2.45, 2.75) is 23.3 Å². The Kier molecular flexibility index (Phi) is 2.86. The molecule has 1 aliphatic carbocycles. The van der Waals surface area contributed by atoms with Gasteiger partial charge in [-0.05, 0) is 24.1 Å². The number of carbonyl (C=O) groups is 1. The van der Waals surface area contributed by atoms with Gasteiger partial charge in [0.05, 0.1) is 0 Å². The molecule has 80 valence electrons. The second kappa shape index (κ2) is 4.14. The number of nitrogens with one attached hydrogen (secondary N) is 1. The van der Waals surface area contributed by atoms with E-state index in [4.69, 9.17) is 0 Å². The highest BCUT2D eigenvalue weighted by Crippen LogP contribution is 2.40. The summed E-state index contributed by atoms with van der Waals surface area (Å²) in [6.45, 7) is 0. The van der Waals surface area contributed by atoms with Crippen LogP contribution in [0.5, 0.6) is 0 Å². The topological polar surface area (TPSA) is 46.2 Å². The van der Waals surface area contributed by atoms with Crippen molar-refractivity contribution in [2.24, 2.45) is 0 Å². The Hall–Kier alpha value is -1.16. The molecule has 1 N–H and O–H groups in total. The molecule has 2 rings (SSSR count). The van der Waals surface area contributed by atoms with Gasteiger partial charge >= 0.3 is 0 Å². The molecule has 1 saturated carbocycles. The van der Waals surface area contributed by atoms with E-state index in [2.05, 4.69) is 5.32 Å². The number of benzene rings is 1. The predicted molar refractivity (Wildman–Crippen MR) is 59.1 cm³/mol. The molecule has 3 nitrogen and oxygen atoms in total. The van der Waals surface area contributed by atoms with Crippen LogP contribution in [0.15, 0.2) is 29.2 Å². The number of amides is 1. The Morgan fingerprint density at radius 2 is 2.07 bits per heavy atom. The summed E-state index contributed by atoms with van der Waals surface area (Å²) in [6, 6.07) is 8.06. The van der Waals surface area contributed by atoms with Crippen LogP contribution in [0.1, 0.15) is 17.9 Å².